The third kappa shape index (κ3) is 2.90. The zero-order valence-corrected chi connectivity index (χ0v) is 12.0. The van der Waals surface area contributed by atoms with Gasteiger partial charge in [-0.2, -0.15) is 0 Å². The van der Waals surface area contributed by atoms with E-state index in [9.17, 15) is 5.11 Å². The van der Waals surface area contributed by atoms with Crippen LogP contribution in [0.2, 0.25) is 0 Å². The predicted octanol–water partition coefficient (Wildman–Crippen LogP) is 4.49. The molecule has 2 N–H and O–H groups in total. The third-order valence-electron chi connectivity index (χ3n) is 3.63. The molecular formula is C17H21NO. The first kappa shape index (κ1) is 13.5. The Bertz CT molecular complexity index is 590. The van der Waals surface area contributed by atoms with E-state index in [1.54, 1.807) is 6.07 Å². The maximum atomic E-state index is 10.0. The molecule has 2 aromatic rings. The second-order valence-corrected chi connectivity index (χ2v) is 5.18. The molecule has 0 heterocycles. The molecule has 0 radical (unpaired) electrons. The minimum absolute atomic E-state index is 0.0705. The van der Waals surface area contributed by atoms with Crippen molar-refractivity contribution in [2.24, 2.45) is 0 Å². The third-order valence-corrected chi connectivity index (χ3v) is 3.63. The average molecular weight is 255 g/mol. The zero-order valence-electron chi connectivity index (χ0n) is 12.0. The average Bonchev–Trinajstić information content (AvgIpc) is 2.34. The smallest absolute Gasteiger partial charge is 0.121 e. The Hall–Kier alpha value is -1.96. The van der Waals surface area contributed by atoms with Crippen molar-refractivity contribution in [2.75, 3.05) is 5.32 Å². The van der Waals surface area contributed by atoms with Crippen molar-refractivity contribution in [1.29, 1.82) is 0 Å². The molecule has 1 unspecified atom stereocenters. The summed E-state index contributed by atoms with van der Waals surface area (Å²) in [5.74, 6) is 0.352. The van der Waals surface area contributed by atoms with Gasteiger partial charge in [-0.15, -0.1) is 0 Å². The van der Waals surface area contributed by atoms with Crippen molar-refractivity contribution >= 4 is 5.69 Å². The van der Waals surface area contributed by atoms with Crippen LogP contribution in [0, 0.1) is 20.8 Å². The van der Waals surface area contributed by atoms with Crippen LogP contribution in [0.25, 0.3) is 0 Å². The van der Waals surface area contributed by atoms with Crippen molar-refractivity contribution < 1.29 is 5.11 Å². The van der Waals surface area contributed by atoms with Crippen LogP contribution in [0.15, 0.2) is 36.4 Å². The number of phenolic OH excluding ortho intramolecular Hbond substituents is 1. The fourth-order valence-corrected chi connectivity index (χ4v) is 2.24. The minimum atomic E-state index is 0.0705. The molecule has 0 amide bonds. The summed E-state index contributed by atoms with van der Waals surface area (Å²) < 4.78 is 0. The van der Waals surface area contributed by atoms with Crippen LogP contribution in [0.1, 0.15) is 35.2 Å². The lowest BCUT2D eigenvalue weighted by molar-refractivity contribution is 0.465. The lowest BCUT2D eigenvalue weighted by Gasteiger charge is -2.19. The van der Waals surface area contributed by atoms with Gasteiger partial charge in [0.2, 0.25) is 0 Å². The van der Waals surface area contributed by atoms with Crippen molar-refractivity contribution in [3.8, 4) is 5.75 Å². The quantitative estimate of drug-likeness (QED) is 0.847. The van der Waals surface area contributed by atoms with E-state index in [2.05, 4.69) is 38.2 Å². The lowest BCUT2D eigenvalue weighted by Crippen LogP contribution is -2.08. The van der Waals surface area contributed by atoms with Gasteiger partial charge in [-0.3, -0.25) is 0 Å². The molecule has 2 heteroatoms. The molecule has 1 atom stereocenters. The van der Waals surface area contributed by atoms with E-state index >= 15 is 0 Å². The Balaban J connectivity index is 2.25. The van der Waals surface area contributed by atoms with E-state index in [0.717, 1.165) is 16.8 Å². The monoisotopic (exact) mass is 255 g/mol. The van der Waals surface area contributed by atoms with Crippen LogP contribution in [0.4, 0.5) is 5.69 Å². The molecule has 0 bridgehead atoms. The van der Waals surface area contributed by atoms with Gasteiger partial charge in [-0.1, -0.05) is 24.3 Å². The van der Waals surface area contributed by atoms with Crippen molar-refractivity contribution in [3.63, 3.8) is 0 Å². The van der Waals surface area contributed by atoms with Crippen LogP contribution in [0.5, 0.6) is 5.75 Å². The Morgan fingerprint density at radius 3 is 2.47 bits per heavy atom. The van der Waals surface area contributed by atoms with E-state index in [1.165, 1.54) is 11.1 Å². The predicted molar refractivity (Wildman–Crippen MR) is 80.8 cm³/mol. The summed E-state index contributed by atoms with van der Waals surface area (Å²) in [6.07, 6.45) is 0. The number of nitrogens with one attached hydrogen (secondary N) is 1. The molecule has 0 aliphatic heterocycles. The van der Waals surface area contributed by atoms with Crippen LogP contribution < -0.4 is 5.32 Å². The van der Waals surface area contributed by atoms with Gasteiger partial charge < -0.3 is 10.4 Å². The van der Waals surface area contributed by atoms with Gasteiger partial charge in [0, 0.05) is 11.3 Å². The molecule has 19 heavy (non-hydrogen) atoms. The Morgan fingerprint density at radius 1 is 1.05 bits per heavy atom. The topological polar surface area (TPSA) is 32.3 Å². The van der Waals surface area contributed by atoms with Crippen molar-refractivity contribution in [2.45, 2.75) is 33.7 Å². The van der Waals surface area contributed by atoms with Crippen LogP contribution >= 0.6 is 0 Å². The first-order valence-corrected chi connectivity index (χ1v) is 6.61. The number of rotatable bonds is 3. The summed E-state index contributed by atoms with van der Waals surface area (Å²) in [7, 11) is 0. The standard InChI is InChI=1S/C17H21NO/c1-11-8-9-15(17(19)10-11)14(4)18-16-7-5-6-12(2)13(16)3/h5-10,14,18-19H,1-4H3. The molecule has 0 saturated carbocycles. The Morgan fingerprint density at radius 2 is 1.79 bits per heavy atom. The first-order valence-electron chi connectivity index (χ1n) is 6.61. The van der Waals surface area contributed by atoms with Crippen molar-refractivity contribution in [1.82, 2.24) is 0 Å². The Kier molecular flexibility index (Phi) is 3.79. The normalized spacial score (nSPS) is 12.2. The van der Waals surface area contributed by atoms with Crippen LogP contribution in [-0.2, 0) is 0 Å². The van der Waals surface area contributed by atoms with E-state index < -0.39 is 0 Å². The molecule has 100 valence electrons. The Labute approximate surface area is 115 Å². The number of hydrogen-bond acceptors (Lipinski definition) is 2. The SMILES string of the molecule is Cc1ccc(C(C)Nc2cccc(C)c2C)c(O)c1. The van der Waals surface area contributed by atoms with Crippen LogP contribution in [0.3, 0.4) is 0 Å². The highest BCUT2D eigenvalue weighted by atomic mass is 16.3. The van der Waals surface area contributed by atoms with E-state index in [4.69, 9.17) is 0 Å². The van der Waals surface area contributed by atoms with Gasteiger partial charge in [-0.25, -0.2) is 0 Å². The highest BCUT2D eigenvalue weighted by molar-refractivity contribution is 5.55. The van der Waals surface area contributed by atoms with Gasteiger partial charge in [0.05, 0.1) is 6.04 Å². The fraction of sp³-hybridized carbons (Fsp3) is 0.294. The van der Waals surface area contributed by atoms with E-state index in [0.29, 0.717) is 5.75 Å². The second kappa shape index (κ2) is 5.35. The molecule has 0 saturated heterocycles. The number of hydrogen-bond donors (Lipinski definition) is 2. The maximum Gasteiger partial charge on any atom is 0.121 e. The number of anilines is 1. The largest absolute Gasteiger partial charge is 0.508 e. The maximum absolute atomic E-state index is 10.0. The highest BCUT2D eigenvalue weighted by Crippen LogP contribution is 2.29. The number of aromatic hydroxyl groups is 1. The molecule has 0 spiro atoms. The van der Waals surface area contributed by atoms with E-state index in [1.807, 2.05) is 25.1 Å². The molecule has 2 aromatic carbocycles. The summed E-state index contributed by atoms with van der Waals surface area (Å²) >= 11 is 0. The molecule has 2 nitrogen and oxygen atoms in total. The number of benzene rings is 2. The minimum Gasteiger partial charge on any atom is -0.508 e. The van der Waals surface area contributed by atoms with Crippen molar-refractivity contribution in [3.05, 3.63) is 58.7 Å². The fourth-order valence-electron chi connectivity index (χ4n) is 2.24. The van der Waals surface area contributed by atoms with Gasteiger partial charge in [0.25, 0.3) is 0 Å². The molecule has 2 rings (SSSR count). The lowest BCUT2D eigenvalue weighted by atomic mass is 10.0. The molecule has 0 aliphatic rings. The zero-order chi connectivity index (χ0) is 14.0. The first-order chi connectivity index (χ1) is 8.99. The summed E-state index contributed by atoms with van der Waals surface area (Å²) in [5.41, 5.74) is 5.63. The number of aryl methyl sites for hydroxylation is 2. The molecule has 0 fully saturated rings. The summed E-state index contributed by atoms with van der Waals surface area (Å²) in [6, 6.07) is 12.1. The summed E-state index contributed by atoms with van der Waals surface area (Å²) in [5, 5.41) is 13.5. The molecule has 0 aromatic heterocycles. The highest BCUT2D eigenvalue weighted by Gasteiger charge is 2.11. The van der Waals surface area contributed by atoms with Crippen LogP contribution in [-0.4, -0.2) is 5.11 Å². The molecular weight excluding hydrogens is 234 g/mol. The second-order valence-electron chi connectivity index (χ2n) is 5.18. The van der Waals surface area contributed by atoms with Gasteiger partial charge in [0.15, 0.2) is 0 Å². The van der Waals surface area contributed by atoms with Gasteiger partial charge in [0.1, 0.15) is 5.75 Å². The summed E-state index contributed by atoms with van der Waals surface area (Å²) in [4.78, 5) is 0. The number of phenols is 1. The molecule has 0 aliphatic carbocycles. The van der Waals surface area contributed by atoms with Gasteiger partial charge in [-0.05, 0) is 56.5 Å². The van der Waals surface area contributed by atoms with Gasteiger partial charge >= 0.3 is 0 Å². The van der Waals surface area contributed by atoms with E-state index in [-0.39, 0.29) is 6.04 Å². The summed E-state index contributed by atoms with van der Waals surface area (Å²) in [6.45, 7) is 8.26.